The van der Waals surface area contributed by atoms with Gasteiger partial charge in [-0.05, 0) is 5.56 Å². The van der Waals surface area contributed by atoms with Crippen LogP contribution in [-0.2, 0) is 5.75 Å². The highest BCUT2D eigenvalue weighted by atomic mass is 32.2. The molecule has 1 aromatic heterocycles. The number of rotatable bonds is 3. The van der Waals surface area contributed by atoms with Gasteiger partial charge in [0.1, 0.15) is 12.7 Å². The van der Waals surface area contributed by atoms with E-state index in [1.165, 1.54) is 5.56 Å². The lowest BCUT2D eigenvalue weighted by atomic mass is 10.2. The molecule has 6 heteroatoms. The Hall–Kier alpha value is -1.40. The highest BCUT2D eigenvalue weighted by molar-refractivity contribution is 8.22. The maximum Gasteiger partial charge on any atom is 0.153 e. The van der Waals surface area contributed by atoms with Crippen molar-refractivity contribution in [3.8, 4) is 0 Å². The van der Waals surface area contributed by atoms with E-state index in [2.05, 4.69) is 27.8 Å². The fraction of sp³-hybridized carbons (Fsp3) is 0.100. The lowest BCUT2D eigenvalue weighted by molar-refractivity contribution is 0.981. The van der Waals surface area contributed by atoms with Gasteiger partial charge < -0.3 is 0 Å². The second-order valence-electron chi connectivity index (χ2n) is 3.04. The largest absolute Gasteiger partial charge is 0.276 e. The van der Waals surface area contributed by atoms with E-state index in [4.69, 9.17) is 12.2 Å². The predicted molar refractivity (Wildman–Crippen MR) is 69.7 cm³/mol. The molecule has 0 saturated heterocycles. The summed E-state index contributed by atoms with van der Waals surface area (Å²) in [5.41, 5.74) is 4.23. The van der Waals surface area contributed by atoms with Crippen LogP contribution in [0.2, 0.25) is 0 Å². The zero-order valence-electron chi connectivity index (χ0n) is 8.41. The summed E-state index contributed by atoms with van der Waals surface area (Å²) >= 11 is 6.75. The van der Waals surface area contributed by atoms with Gasteiger partial charge in [0.15, 0.2) is 4.32 Å². The first-order valence-corrected chi connectivity index (χ1v) is 6.06. The zero-order chi connectivity index (χ0) is 11.2. The molecule has 0 aliphatic heterocycles. The Morgan fingerprint density at radius 2 is 1.94 bits per heavy atom. The topological polar surface area (TPSA) is 42.7 Å². The molecule has 0 spiro atoms. The third-order valence-corrected chi connectivity index (χ3v) is 3.13. The average Bonchev–Trinajstić information content (AvgIpc) is 2.81. The van der Waals surface area contributed by atoms with E-state index in [1.54, 1.807) is 29.1 Å². The summed E-state index contributed by atoms with van der Waals surface area (Å²) < 4.78 is 2.32. The molecular formula is C10H10N4S2. The number of thiocarbonyl (C=S) groups is 1. The van der Waals surface area contributed by atoms with E-state index in [-0.39, 0.29) is 0 Å². The van der Waals surface area contributed by atoms with Crippen LogP contribution in [0.4, 0.5) is 0 Å². The van der Waals surface area contributed by atoms with Crippen molar-refractivity contribution < 1.29 is 0 Å². The Balaban J connectivity index is 1.80. The average molecular weight is 250 g/mol. The third-order valence-electron chi connectivity index (χ3n) is 1.85. The molecule has 82 valence electrons. The molecule has 16 heavy (non-hydrogen) atoms. The molecule has 0 fully saturated rings. The molecule has 0 bridgehead atoms. The SMILES string of the molecule is S=C(Nn1cnnc1)SCc1ccccc1. The molecular weight excluding hydrogens is 240 g/mol. The number of nitrogens with one attached hydrogen (secondary N) is 1. The lowest BCUT2D eigenvalue weighted by Gasteiger charge is -2.06. The minimum Gasteiger partial charge on any atom is -0.276 e. The van der Waals surface area contributed by atoms with Crippen LogP contribution < -0.4 is 5.43 Å². The molecule has 2 aromatic rings. The van der Waals surface area contributed by atoms with Gasteiger partial charge in [-0.1, -0.05) is 54.3 Å². The number of hydrogen-bond acceptors (Lipinski definition) is 4. The van der Waals surface area contributed by atoms with Gasteiger partial charge in [0.2, 0.25) is 0 Å². The summed E-state index contributed by atoms with van der Waals surface area (Å²) in [5, 5.41) is 7.35. The monoisotopic (exact) mass is 250 g/mol. The smallest absolute Gasteiger partial charge is 0.153 e. The van der Waals surface area contributed by atoms with Crippen molar-refractivity contribution in [1.82, 2.24) is 14.9 Å². The fourth-order valence-corrected chi connectivity index (χ4v) is 2.06. The van der Waals surface area contributed by atoms with Gasteiger partial charge in [-0.15, -0.1) is 10.2 Å². The van der Waals surface area contributed by atoms with Crippen molar-refractivity contribution in [3.05, 3.63) is 48.5 Å². The maximum atomic E-state index is 5.18. The first-order chi connectivity index (χ1) is 7.84. The quantitative estimate of drug-likeness (QED) is 0.844. The summed E-state index contributed by atoms with van der Waals surface area (Å²) in [7, 11) is 0. The lowest BCUT2D eigenvalue weighted by Crippen LogP contribution is -2.16. The number of aromatic nitrogens is 3. The number of thioether (sulfide) groups is 1. The maximum absolute atomic E-state index is 5.18. The van der Waals surface area contributed by atoms with Gasteiger partial charge in [-0.2, -0.15) is 0 Å². The standard InChI is InChI=1S/C10H10N4S2/c15-10(13-14-7-11-12-8-14)16-6-9-4-2-1-3-5-9/h1-5,7-8H,6H2,(H,13,15). The van der Waals surface area contributed by atoms with E-state index in [0.29, 0.717) is 4.32 Å². The van der Waals surface area contributed by atoms with Gasteiger partial charge in [-0.25, -0.2) is 4.68 Å². The van der Waals surface area contributed by atoms with Crippen LogP contribution in [0, 0.1) is 0 Å². The zero-order valence-corrected chi connectivity index (χ0v) is 10.0. The van der Waals surface area contributed by atoms with Crippen molar-refractivity contribution in [2.75, 3.05) is 5.43 Å². The third kappa shape index (κ3) is 3.32. The van der Waals surface area contributed by atoms with E-state index >= 15 is 0 Å². The molecule has 4 nitrogen and oxygen atoms in total. The molecule has 0 atom stereocenters. The Labute approximate surface area is 103 Å². The van der Waals surface area contributed by atoms with Gasteiger partial charge >= 0.3 is 0 Å². The molecule has 0 radical (unpaired) electrons. The van der Waals surface area contributed by atoms with Crippen LogP contribution in [0.1, 0.15) is 5.56 Å². The summed E-state index contributed by atoms with van der Waals surface area (Å²) in [5.74, 6) is 0.856. The van der Waals surface area contributed by atoms with Gasteiger partial charge in [-0.3, -0.25) is 5.43 Å². The summed E-state index contributed by atoms with van der Waals surface area (Å²) in [6, 6.07) is 10.2. The predicted octanol–water partition coefficient (Wildman–Crippen LogP) is 2.04. The molecule has 0 amide bonds. The van der Waals surface area contributed by atoms with Gasteiger partial charge in [0.05, 0.1) is 0 Å². The second-order valence-corrected chi connectivity index (χ2v) is 4.69. The molecule has 1 N–H and O–H groups in total. The second kappa shape index (κ2) is 5.62. The van der Waals surface area contributed by atoms with Crippen molar-refractivity contribution in [2.45, 2.75) is 5.75 Å². The van der Waals surface area contributed by atoms with E-state index in [1.807, 2.05) is 18.2 Å². The molecule has 1 aromatic carbocycles. The van der Waals surface area contributed by atoms with E-state index < -0.39 is 0 Å². The number of hydrogen-bond donors (Lipinski definition) is 1. The molecule has 0 saturated carbocycles. The number of benzene rings is 1. The first kappa shape index (κ1) is 11.1. The highest BCUT2D eigenvalue weighted by Gasteiger charge is 1.99. The van der Waals surface area contributed by atoms with Gasteiger partial charge in [0, 0.05) is 5.75 Å². The van der Waals surface area contributed by atoms with Crippen LogP contribution in [0.15, 0.2) is 43.0 Å². The minimum absolute atomic E-state index is 0.698. The normalized spacial score (nSPS) is 10.0. The molecule has 0 aliphatic carbocycles. The van der Waals surface area contributed by atoms with Gasteiger partial charge in [0.25, 0.3) is 0 Å². The van der Waals surface area contributed by atoms with Crippen molar-refractivity contribution in [2.24, 2.45) is 0 Å². The Kier molecular flexibility index (Phi) is 3.90. The number of nitrogens with zero attached hydrogens (tertiary/aromatic N) is 3. The van der Waals surface area contributed by atoms with Crippen molar-refractivity contribution in [3.63, 3.8) is 0 Å². The van der Waals surface area contributed by atoms with Crippen LogP contribution in [-0.4, -0.2) is 19.2 Å². The van der Waals surface area contributed by atoms with E-state index in [0.717, 1.165) is 5.75 Å². The van der Waals surface area contributed by atoms with Crippen molar-refractivity contribution >= 4 is 28.3 Å². The van der Waals surface area contributed by atoms with Crippen LogP contribution in [0.5, 0.6) is 0 Å². The summed E-state index contributed by atoms with van der Waals surface area (Å²) in [6.07, 6.45) is 3.13. The van der Waals surface area contributed by atoms with Crippen LogP contribution in [0.25, 0.3) is 0 Å². The van der Waals surface area contributed by atoms with Crippen LogP contribution in [0.3, 0.4) is 0 Å². The Morgan fingerprint density at radius 1 is 1.25 bits per heavy atom. The first-order valence-electron chi connectivity index (χ1n) is 4.67. The summed E-state index contributed by atoms with van der Waals surface area (Å²) in [6.45, 7) is 0. The Bertz CT molecular complexity index is 441. The molecule has 1 heterocycles. The molecule has 0 unspecified atom stereocenters. The van der Waals surface area contributed by atoms with Crippen LogP contribution >= 0.6 is 24.0 Å². The highest BCUT2D eigenvalue weighted by Crippen LogP contribution is 2.12. The molecule has 2 rings (SSSR count). The fourth-order valence-electron chi connectivity index (χ4n) is 1.12. The Morgan fingerprint density at radius 3 is 2.62 bits per heavy atom. The van der Waals surface area contributed by atoms with Crippen molar-refractivity contribution in [1.29, 1.82) is 0 Å². The summed E-state index contributed by atoms with van der Waals surface area (Å²) in [4.78, 5) is 0. The van der Waals surface area contributed by atoms with E-state index in [9.17, 15) is 0 Å². The molecule has 0 aliphatic rings. The minimum atomic E-state index is 0.698.